The second-order valence-corrected chi connectivity index (χ2v) is 4.05. The van der Waals surface area contributed by atoms with Gasteiger partial charge in [0.25, 0.3) is 0 Å². The molecular weight excluding hydrogens is 214 g/mol. The highest BCUT2D eigenvalue weighted by Gasteiger charge is 2.20. The summed E-state index contributed by atoms with van der Waals surface area (Å²) in [6, 6.07) is 8.24. The second kappa shape index (κ2) is 5.64. The zero-order chi connectivity index (χ0) is 12.1. The van der Waals surface area contributed by atoms with Crippen LogP contribution < -0.4 is 5.32 Å². The fraction of sp³-hybridized carbons (Fsp3) is 0.357. The van der Waals surface area contributed by atoms with Crippen molar-refractivity contribution in [2.75, 3.05) is 13.2 Å². The number of hydrogen-bond donors (Lipinski definition) is 1. The largest absolute Gasteiger partial charge is 0.371 e. The van der Waals surface area contributed by atoms with Crippen LogP contribution in [0.15, 0.2) is 36.4 Å². The molecule has 1 amide bonds. The number of hydrogen-bond acceptors (Lipinski definition) is 2. The van der Waals surface area contributed by atoms with E-state index in [1.165, 1.54) is 17.2 Å². The van der Waals surface area contributed by atoms with Gasteiger partial charge in [0.1, 0.15) is 6.10 Å². The molecule has 1 aromatic carbocycles. The van der Waals surface area contributed by atoms with E-state index in [1.54, 1.807) is 6.08 Å². The quantitative estimate of drug-likeness (QED) is 0.808. The fourth-order valence-corrected chi connectivity index (χ4v) is 2.05. The van der Waals surface area contributed by atoms with Crippen molar-refractivity contribution in [1.82, 2.24) is 5.32 Å². The fourth-order valence-electron chi connectivity index (χ4n) is 2.05. The Morgan fingerprint density at radius 3 is 3.18 bits per heavy atom. The molecular formula is C14H17NO2. The second-order valence-electron chi connectivity index (χ2n) is 4.05. The van der Waals surface area contributed by atoms with Gasteiger partial charge < -0.3 is 10.1 Å². The Balaban J connectivity index is 2.01. The number of ether oxygens (including phenoxy) is 1. The molecule has 0 saturated heterocycles. The van der Waals surface area contributed by atoms with Gasteiger partial charge in [-0.15, -0.1) is 0 Å². The van der Waals surface area contributed by atoms with Crippen molar-refractivity contribution in [2.45, 2.75) is 19.4 Å². The summed E-state index contributed by atoms with van der Waals surface area (Å²) in [5.41, 5.74) is 2.52. The van der Waals surface area contributed by atoms with Gasteiger partial charge in [-0.1, -0.05) is 30.3 Å². The van der Waals surface area contributed by atoms with Crippen LogP contribution in [-0.2, 0) is 16.0 Å². The number of benzene rings is 1. The summed E-state index contributed by atoms with van der Waals surface area (Å²) in [5.74, 6) is -0.0702. The van der Waals surface area contributed by atoms with Gasteiger partial charge in [-0.05, 0) is 30.5 Å². The molecule has 1 heterocycles. The number of allylic oxidation sites excluding steroid dienone is 1. The molecule has 0 radical (unpaired) electrons. The molecule has 1 unspecified atom stereocenters. The number of carbonyl (C=O) groups is 1. The minimum atomic E-state index is -0.0702. The van der Waals surface area contributed by atoms with E-state index in [-0.39, 0.29) is 12.0 Å². The Hall–Kier alpha value is -1.61. The Kier molecular flexibility index (Phi) is 3.94. The van der Waals surface area contributed by atoms with Crippen molar-refractivity contribution < 1.29 is 9.53 Å². The van der Waals surface area contributed by atoms with Crippen molar-refractivity contribution >= 4 is 5.91 Å². The maximum absolute atomic E-state index is 11.3. The van der Waals surface area contributed by atoms with Gasteiger partial charge in [-0.2, -0.15) is 0 Å². The van der Waals surface area contributed by atoms with Gasteiger partial charge in [-0.3, -0.25) is 4.79 Å². The van der Waals surface area contributed by atoms with Crippen molar-refractivity contribution in [2.24, 2.45) is 0 Å². The van der Waals surface area contributed by atoms with E-state index in [0.29, 0.717) is 6.54 Å². The van der Waals surface area contributed by atoms with Crippen LogP contribution in [-0.4, -0.2) is 19.1 Å². The van der Waals surface area contributed by atoms with Gasteiger partial charge in [0.2, 0.25) is 5.91 Å². The third-order valence-corrected chi connectivity index (χ3v) is 2.87. The molecule has 3 nitrogen and oxygen atoms in total. The molecule has 0 saturated carbocycles. The minimum Gasteiger partial charge on any atom is -0.371 e. The van der Waals surface area contributed by atoms with Crippen molar-refractivity contribution in [1.29, 1.82) is 0 Å². The third-order valence-electron chi connectivity index (χ3n) is 2.87. The first-order chi connectivity index (χ1) is 8.31. The molecule has 0 bridgehead atoms. The number of amides is 1. The molecule has 0 spiro atoms. The monoisotopic (exact) mass is 231 g/mol. The first kappa shape index (κ1) is 11.9. The molecule has 17 heavy (non-hydrogen) atoms. The summed E-state index contributed by atoms with van der Waals surface area (Å²) in [4.78, 5) is 11.3. The van der Waals surface area contributed by atoms with Crippen LogP contribution in [0.2, 0.25) is 0 Å². The van der Waals surface area contributed by atoms with Crippen LogP contribution in [0.25, 0.3) is 0 Å². The van der Waals surface area contributed by atoms with Crippen LogP contribution in [0, 0.1) is 0 Å². The number of fused-ring (bicyclic) bond motifs is 1. The molecule has 3 heteroatoms. The van der Waals surface area contributed by atoms with E-state index in [1.807, 2.05) is 19.1 Å². The molecule has 1 N–H and O–H groups in total. The topological polar surface area (TPSA) is 38.3 Å². The lowest BCUT2D eigenvalue weighted by Crippen LogP contribution is -2.30. The first-order valence-electron chi connectivity index (χ1n) is 5.91. The summed E-state index contributed by atoms with van der Waals surface area (Å²) < 4.78 is 5.69. The lowest BCUT2D eigenvalue weighted by molar-refractivity contribution is -0.117. The molecule has 90 valence electrons. The predicted molar refractivity (Wildman–Crippen MR) is 66.7 cm³/mol. The Morgan fingerprint density at radius 1 is 1.53 bits per heavy atom. The molecule has 2 rings (SSSR count). The van der Waals surface area contributed by atoms with Crippen LogP contribution in [0.3, 0.4) is 0 Å². The van der Waals surface area contributed by atoms with Crippen molar-refractivity contribution in [3.05, 3.63) is 47.5 Å². The molecule has 0 fully saturated rings. The van der Waals surface area contributed by atoms with Gasteiger partial charge in [-0.25, -0.2) is 0 Å². The summed E-state index contributed by atoms with van der Waals surface area (Å²) in [7, 11) is 0. The molecule has 0 aliphatic carbocycles. The zero-order valence-corrected chi connectivity index (χ0v) is 9.98. The average Bonchev–Trinajstić information content (AvgIpc) is 2.36. The van der Waals surface area contributed by atoms with Crippen LogP contribution in [0.4, 0.5) is 0 Å². The normalized spacial score (nSPS) is 19.0. The number of carbonyl (C=O) groups excluding carboxylic acids is 1. The molecule has 0 aromatic heterocycles. The highest BCUT2D eigenvalue weighted by atomic mass is 16.5. The maximum Gasteiger partial charge on any atom is 0.243 e. The minimum absolute atomic E-state index is 0.0193. The predicted octanol–water partition coefficient (Wildman–Crippen LogP) is 1.99. The first-order valence-corrected chi connectivity index (χ1v) is 5.91. The van der Waals surface area contributed by atoms with Gasteiger partial charge in [0, 0.05) is 6.54 Å². The SMILES string of the molecule is CC=CC(=O)NCC1OCCc2ccccc21. The molecule has 1 aromatic rings. The Bertz CT molecular complexity index is 426. The summed E-state index contributed by atoms with van der Waals surface area (Å²) in [5, 5.41) is 2.84. The lowest BCUT2D eigenvalue weighted by Gasteiger charge is -2.26. The zero-order valence-electron chi connectivity index (χ0n) is 9.98. The smallest absolute Gasteiger partial charge is 0.243 e. The third kappa shape index (κ3) is 2.94. The lowest BCUT2D eigenvalue weighted by atomic mass is 9.97. The molecule has 1 aliphatic rings. The average molecular weight is 231 g/mol. The summed E-state index contributed by atoms with van der Waals surface area (Å²) >= 11 is 0. The maximum atomic E-state index is 11.3. The molecule has 1 atom stereocenters. The summed E-state index contributed by atoms with van der Waals surface area (Å²) in [6.07, 6.45) is 4.18. The summed E-state index contributed by atoms with van der Waals surface area (Å²) in [6.45, 7) is 3.08. The van der Waals surface area contributed by atoms with E-state index >= 15 is 0 Å². The van der Waals surface area contributed by atoms with Gasteiger partial charge in [0.15, 0.2) is 0 Å². The van der Waals surface area contributed by atoms with Gasteiger partial charge in [0.05, 0.1) is 6.61 Å². The standard InChI is InChI=1S/C14H17NO2/c1-2-5-14(16)15-10-13-12-7-4-3-6-11(12)8-9-17-13/h2-7,13H,8-10H2,1H3,(H,15,16). The van der Waals surface area contributed by atoms with Crippen LogP contribution in [0.5, 0.6) is 0 Å². The van der Waals surface area contributed by atoms with E-state index in [4.69, 9.17) is 4.74 Å². The van der Waals surface area contributed by atoms with E-state index in [0.717, 1.165) is 13.0 Å². The highest BCUT2D eigenvalue weighted by molar-refractivity contribution is 5.87. The van der Waals surface area contributed by atoms with Crippen LogP contribution in [0.1, 0.15) is 24.2 Å². The number of rotatable bonds is 3. The van der Waals surface area contributed by atoms with Crippen molar-refractivity contribution in [3.8, 4) is 0 Å². The van der Waals surface area contributed by atoms with Crippen LogP contribution >= 0.6 is 0 Å². The Labute approximate surface area is 101 Å². The molecule has 1 aliphatic heterocycles. The van der Waals surface area contributed by atoms with Gasteiger partial charge >= 0.3 is 0 Å². The Morgan fingerprint density at radius 2 is 2.35 bits per heavy atom. The van der Waals surface area contributed by atoms with E-state index in [2.05, 4.69) is 17.4 Å². The number of nitrogens with one attached hydrogen (secondary N) is 1. The van der Waals surface area contributed by atoms with E-state index < -0.39 is 0 Å². The van der Waals surface area contributed by atoms with Crippen molar-refractivity contribution in [3.63, 3.8) is 0 Å². The highest BCUT2D eigenvalue weighted by Crippen LogP contribution is 2.25. The van der Waals surface area contributed by atoms with E-state index in [9.17, 15) is 4.79 Å².